The second kappa shape index (κ2) is 4.07. The first-order valence-corrected chi connectivity index (χ1v) is 5.08. The van der Waals surface area contributed by atoms with Gasteiger partial charge in [0.05, 0.1) is 17.3 Å². The summed E-state index contributed by atoms with van der Waals surface area (Å²) < 4.78 is 1.78. The minimum atomic E-state index is 0.614. The highest BCUT2D eigenvalue weighted by Crippen LogP contribution is 2.24. The molecule has 0 fully saturated rings. The Morgan fingerprint density at radius 3 is 2.94 bits per heavy atom. The number of nitrogen functional groups attached to an aromatic ring is 1. The van der Waals surface area contributed by atoms with Crippen molar-refractivity contribution in [1.82, 2.24) is 9.78 Å². The van der Waals surface area contributed by atoms with E-state index in [0.717, 1.165) is 17.8 Å². The van der Waals surface area contributed by atoms with Crippen molar-refractivity contribution >= 4 is 5.69 Å². The van der Waals surface area contributed by atoms with Crippen LogP contribution < -0.4 is 5.73 Å². The van der Waals surface area contributed by atoms with E-state index in [2.05, 4.69) is 11.2 Å². The summed E-state index contributed by atoms with van der Waals surface area (Å²) in [5, 5.41) is 13.2. The summed E-state index contributed by atoms with van der Waals surface area (Å²) in [7, 11) is 0. The van der Waals surface area contributed by atoms with E-state index in [4.69, 9.17) is 11.0 Å². The van der Waals surface area contributed by atoms with Gasteiger partial charge in [0, 0.05) is 18.3 Å². The third-order valence-corrected chi connectivity index (χ3v) is 2.38. The summed E-state index contributed by atoms with van der Waals surface area (Å²) in [6.45, 7) is 2.78. The van der Waals surface area contributed by atoms with Crippen molar-refractivity contribution in [2.24, 2.45) is 0 Å². The topological polar surface area (TPSA) is 67.6 Å². The van der Waals surface area contributed by atoms with Crippen molar-refractivity contribution in [3.8, 4) is 17.3 Å². The minimum absolute atomic E-state index is 0.614. The Labute approximate surface area is 93.9 Å². The Morgan fingerprint density at radius 2 is 2.31 bits per heavy atom. The van der Waals surface area contributed by atoms with E-state index in [-0.39, 0.29) is 0 Å². The summed E-state index contributed by atoms with van der Waals surface area (Å²) in [5.74, 6) is 0. The van der Waals surface area contributed by atoms with Gasteiger partial charge in [-0.05, 0) is 19.1 Å². The van der Waals surface area contributed by atoms with Crippen molar-refractivity contribution in [3.63, 3.8) is 0 Å². The van der Waals surface area contributed by atoms with Crippen molar-refractivity contribution in [3.05, 3.63) is 36.0 Å². The Morgan fingerprint density at radius 1 is 1.50 bits per heavy atom. The lowest BCUT2D eigenvalue weighted by molar-refractivity contribution is 0.662. The molecule has 0 atom stereocenters. The molecule has 4 heteroatoms. The molecule has 2 N–H and O–H groups in total. The van der Waals surface area contributed by atoms with Crippen LogP contribution in [0.5, 0.6) is 0 Å². The number of hydrogen-bond donors (Lipinski definition) is 1. The van der Waals surface area contributed by atoms with Gasteiger partial charge in [-0.2, -0.15) is 10.4 Å². The van der Waals surface area contributed by atoms with Gasteiger partial charge in [0.2, 0.25) is 0 Å². The van der Waals surface area contributed by atoms with Crippen LogP contribution in [0.3, 0.4) is 0 Å². The summed E-state index contributed by atoms with van der Waals surface area (Å²) in [4.78, 5) is 0. The van der Waals surface area contributed by atoms with Crippen molar-refractivity contribution in [2.75, 3.05) is 5.73 Å². The molecule has 0 aliphatic rings. The summed E-state index contributed by atoms with van der Waals surface area (Å²) in [5.41, 5.74) is 8.74. The van der Waals surface area contributed by atoms with Crippen LogP contribution in [0.25, 0.3) is 11.3 Å². The number of nitrogens with zero attached hydrogens (tertiary/aromatic N) is 3. The molecule has 2 aromatic rings. The second-order valence-electron chi connectivity index (χ2n) is 3.48. The monoisotopic (exact) mass is 212 g/mol. The van der Waals surface area contributed by atoms with Crippen LogP contribution in [0.1, 0.15) is 12.5 Å². The predicted octanol–water partition coefficient (Wildman–Crippen LogP) is 2.02. The first kappa shape index (κ1) is 10.2. The maximum absolute atomic E-state index is 8.82. The third-order valence-electron chi connectivity index (χ3n) is 2.38. The molecule has 0 spiro atoms. The van der Waals surface area contributed by atoms with E-state index in [9.17, 15) is 0 Å². The van der Waals surface area contributed by atoms with E-state index in [1.165, 1.54) is 0 Å². The second-order valence-corrected chi connectivity index (χ2v) is 3.48. The number of anilines is 1. The maximum atomic E-state index is 8.82. The number of nitriles is 1. The first-order valence-electron chi connectivity index (χ1n) is 5.08. The molecule has 0 bridgehead atoms. The molecular weight excluding hydrogens is 200 g/mol. The highest BCUT2D eigenvalue weighted by Gasteiger charge is 2.08. The molecule has 0 radical (unpaired) electrons. The average Bonchev–Trinajstić information content (AvgIpc) is 2.71. The van der Waals surface area contributed by atoms with Crippen LogP contribution in [-0.4, -0.2) is 9.78 Å². The molecule has 1 aromatic carbocycles. The van der Waals surface area contributed by atoms with E-state index in [1.54, 1.807) is 23.0 Å². The Kier molecular flexibility index (Phi) is 2.61. The zero-order valence-electron chi connectivity index (χ0n) is 9.01. The number of nitrogens with two attached hydrogens (primary N) is 1. The van der Waals surface area contributed by atoms with Gasteiger partial charge in [-0.25, -0.2) is 0 Å². The average molecular weight is 212 g/mol. The molecule has 2 rings (SSSR count). The number of benzene rings is 1. The molecule has 16 heavy (non-hydrogen) atoms. The van der Waals surface area contributed by atoms with E-state index < -0.39 is 0 Å². The summed E-state index contributed by atoms with van der Waals surface area (Å²) in [6.07, 6.45) is 1.80. The molecule has 80 valence electrons. The molecule has 0 amide bonds. The predicted molar refractivity (Wildman–Crippen MR) is 62.5 cm³/mol. The van der Waals surface area contributed by atoms with Crippen LogP contribution in [0.15, 0.2) is 30.5 Å². The molecule has 4 nitrogen and oxygen atoms in total. The quantitative estimate of drug-likeness (QED) is 0.828. The molecule has 0 saturated heterocycles. The van der Waals surface area contributed by atoms with Gasteiger partial charge in [-0.3, -0.25) is 4.68 Å². The zero-order valence-corrected chi connectivity index (χ0v) is 9.01. The van der Waals surface area contributed by atoms with Gasteiger partial charge in [0.15, 0.2) is 0 Å². The van der Waals surface area contributed by atoms with Crippen LogP contribution in [0.2, 0.25) is 0 Å². The van der Waals surface area contributed by atoms with E-state index >= 15 is 0 Å². The fraction of sp³-hybridized carbons (Fsp3) is 0.167. The maximum Gasteiger partial charge on any atom is 0.115 e. The molecule has 0 aliphatic carbocycles. The normalized spacial score (nSPS) is 10.0. The summed E-state index contributed by atoms with van der Waals surface area (Å²) in [6, 6.07) is 9.39. The lowest BCUT2D eigenvalue weighted by atomic mass is 10.1. The molecule has 1 aromatic heterocycles. The van der Waals surface area contributed by atoms with Gasteiger partial charge >= 0.3 is 0 Å². The highest BCUT2D eigenvalue weighted by molar-refractivity contribution is 5.72. The van der Waals surface area contributed by atoms with Crippen LogP contribution in [-0.2, 0) is 6.54 Å². The number of aryl methyl sites for hydroxylation is 1. The Hall–Kier alpha value is -2.28. The number of rotatable bonds is 2. The molecule has 0 aliphatic heterocycles. The third kappa shape index (κ3) is 1.75. The molecule has 1 heterocycles. The highest BCUT2D eigenvalue weighted by atomic mass is 15.3. The van der Waals surface area contributed by atoms with Gasteiger partial charge in [-0.1, -0.05) is 12.1 Å². The SMILES string of the molecule is CCn1cc(N)c(-c2cccc(C#N)c2)n1. The molecular formula is C12H12N4. The lowest BCUT2D eigenvalue weighted by Gasteiger charge is -1.98. The first-order chi connectivity index (χ1) is 7.74. The van der Waals surface area contributed by atoms with Gasteiger partial charge < -0.3 is 5.73 Å². The van der Waals surface area contributed by atoms with Crippen LogP contribution in [0, 0.1) is 11.3 Å². The fourth-order valence-electron chi connectivity index (χ4n) is 1.56. The Balaban J connectivity index is 2.50. The Bertz CT molecular complexity index is 548. The molecule has 0 saturated carbocycles. The van der Waals surface area contributed by atoms with Gasteiger partial charge in [0.1, 0.15) is 5.69 Å². The summed E-state index contributed by atoms with van der Waals surface area (Å²) >= 11 is 0. The number of aromatic nitrogens is 2. The zero-order chi connectivity index (χ0) is 11.5. The van der Waals surface area contributed by atoms with Gasteiger partial charge in [-0.15, -0.1) is 0 Å². The lowest BCUT2D eigenvalue weighted by Crippen LogP contribution is -1.93. The van der Waals surface area contributed by atoms with Crippen LogP contribution in [0.4, 0.5) is 5.69 Å². The van der Waals surface area contributed by atoms with Gasteiger partial charge in [0.25, 0.3) is 0 Å². The van der Waals surface area contributed by atoms with Crippen molar-refractivity contribution < 1.29 is 0 Å². The van der Waals surface area contributed by atoms with Crippen molar-refractivity contribution in [1.29, 1.82) is 5.26 Å². The van der Waals surface area contributed by atoms with E-state index in [0.29, 0.717) is 11.3 Å². The fourth-order valence-corrected chi connectivity index (χ4v) is 1.56. The molecule has 0 unspecified atom stereocenters. The van der Waals surface area contributed by atoms with Crippen LogP contribution >= 0.6 is 0 Å². The standard InChI is InChI=1S/C12H12N4/c1-2-16-8-11(14)12(15-16)10-5-3-4-9(6-10)7-13/h3-6,8H,2,14H2,1H3. The number of hydrogen-bond acceptors (Lipinski definition) is 3. The minimum Gasteiger partial charge on any atom is -0.396 e. The largest absolute Gasteiger partial charge is 0.396 e. The van der Waals surface area contributed by atoms with Crippen molar-refractivity contribution in [2.45, 2.75) is 13.5 Å². The smallest absolute Gasteiger partial charge is 0.115 e. The van der Waals surface area contributed by atoms with E-state index in [1.807, 2.05) is 19.1 Å².